The zero-order valence-corrected chi connectivity index (χ0v) is 10.8. The highest BCUT2D eigenvalue weighted by molar-refractivity contribution is 5.78. The number of hydrogen-bond donors (Lipinski definition) is 0. The molecule has 3 rings (SSSR count). The summed E-state index contributed by atoms with van der Waals surface area (Å²) in [6.07, 6.45) is 4.12. The van der Waals surface area contributed by atoms with Crippen molar-refractivity contribution in [3.8, 4) is 22.5 Å². The molecular formula is C16H11FN3. The van der Waals surface area contributed by atoms with E-state index in [0.29, 0.717) is 16.8 Å². The van der Waals surface area contributed by atoms with Crippen molar-refractivity contribution in [1.82, 2.24) is 15.0 Å². The second-order valence-electron chi connectivity index (χ2n) is 4.38. The molecule has 0 aliphatic carbocycles. The first-order valence-electron chi connectivity index (χ1n) is 6.18. The summed E-state index contributed by atoms with van der Waals surface area (Å²) in [5.74, 6) is -0.325. The van der Waals surface area contributed by atoms with Crippen molar-refractivity contribution in [3.05, 3.63) is 66.5 Å². The minimum absolute atomic E-state index is 0.325. The van der Waals surface area contributed by atoms with Gasteiger partial charge in [-0.15, -0.1) is 0 Å². The normalized spacial score (nSPS) is 10.5. The average molecular weight is 264 g/mol. The molecule has 0 saturated carbocycles. The fraction of sp³-hybridized carbons (Fsp3) is 0.0625. The molecular weight excluding hydrogens is 253 g/mol. The van der Waals surface area contributed by atoms with Crippen LogP contribution in [0.2, 0.25) is 0 Å². The topological polar surface area (TPSA) is 38.7 Å². The number of rotatable bonds is 2. The van der Waals surface area contributed by atoms with Crippen LogP contribution in [0.1, 0.15) is 5.69 Å². The first kappa shape index (κ1) is 12.4. The predicted octanol–water partition coefficient (Wildman–Crippen LogP) is 3.45. The van der Waals surface area contributed by atoms with Gasteiger partial charge >= 0.3 is 0 Å². The summed E-state index contributed by atoms with van der Waals surface area (Å²) in [6.45, 7) is 1.90. The molecule has 0 amide bonds. The Kier molecular flexibility index (Phi) is 3.21. The summed E-state index contributed by atoms with van der Waals surface area (Å²) in [4.78, 5) is 12.5. The van der Waals surface area contributed by atoms with Gasteiger partial charge in [-0.3, -0.25) is 4.98 Å². The van der Waals surface area contributed by atoms with Crippen LogP contribution in [0, 0.1) is 19.1 Å². The number of hydrogen-bond acceptors (Lipinski definition) is 3. The largest absolute Gasteiger partial charge is 0.253 e. The first-order chi connectivity index (χ1) is 9.75. The van der Waals surface area contributed by atoms with Crippen molar-refractivity contribution in [3.63, 3.8) is 0 Å². The maximum Gasteiger partial charge on any atom is 0.198 e. The van der Waals surface area contributed by atoms with Crippen LogP contribution in [-0.2, 0) is 0 Å². The smallest absolute Gasteiger partial charge is 0.198 e. The summed E-state index contributed by atoms with van der Waals surface area (Å²) in [5.41, 5.74) is 3.21. The van der Waals surface area contributed by atoms with Crippen LogP contribution in [0.3, 0.4) is 0 Å². The molecule has 0 aliphatic heterocycles. The van der Waals surface area contributed by atoms with E-state index in [2.05, 4.69) is 21.3 Å². The highest BCUT2D eigenvalue weighted by Crippen LogP contribution is 2.29. The van der Waals surface area contributed by atoms with Crippen LogP contribution in [0.15, 0.2) is 48.7 Å². The fourth-order valence-corrected chi connectivity index (χ4v) is 2.03. The lowest BCUT2D eigenvalue weighted by molar-refractivity contribution is 0.630. The Morgan fingerprint density at radius 1 is 1.00 bits per heavy atom. The second-order valence-corrected chi connectivity index (χ2v) is 4.38. The number of nitrogens with zero attached hydrogens (tertiary/aromatic N) is 3. The van der Waals surface area contributed by atoms with Gasteiger partial charge in [0.2, 0.25) is 0 Å². The molecule has 0 bridgehead atoms. The number of pyridine rings is 1. The predicted molar refractivity (Wildman–Crippen MR) is 74.2 cm³/mol. The molecule has 0 N–H and O–H groups in total. The minimum atomic E-state index is -0.325. The molecule has 4 heteroatoms. The molecule has 1 radical (unpaired) electrons. The van der Waals surface area contributed by atoms with E-state index in [1.54, 1.807) is 24.4 Å². The molecule has 2 heterocycles. The second kappa shape index (κ2) is 5.17. The van der Waals surface area contributed by atoms with E-state index in [0.717, 1.165) is 11.4 Å². The van der Waals surface area contributed by atoms with E-state index in [4.69, 9.17) is 0 Å². The van der Waals surface area contributed by atoms with Gasteiger partial charge in [-0.05, 0) is 31.2 Å². The van der Waals surface area contributed by atoms with Gasteiger partial charge < -0.3 is 0 Å². The monoisotopic (exact) mass is 264 g/mol. The van der Waals surface area contributed by atoms with E-state index < -0.39 is 0 Å². The Balaban J connectivity index is 2.22. The average Bonchev–Trinajstić information content (AvgIpc) is 2.48. The zero-order chi connectivity index (χ0) is 13.9. The Morgan fingerprint density at radius 3 is 2.65 bits per heavy atom. The molecule has 0 atom stereocenters. The molecule has 2 aromatic heterocycles. The summed E-state index contributed by atoms with van der Waals surface area (Å²) in [7, 11) is 0. The van der Waals surface area contributed by atoms with E-state index in [-0.39, 0.29) is 5.82 Å². The van der Waals surface area contributed by atoms with E-state index in [9.17, 15) is 4.39 Å². The number of aryl methyl sites for hydroxylation is 1. The molecule has 0 unspecified atom stereocenters. The lowest BCUT2D eigenvalue weighted by Crippen LogP contribution is -1.95. The van der Waals surface area contributed by atoms with Crippen molar-refractivity contribution in [2.45, 2.75) is 6.92 Å². The van der Waals surface area contributed by atoms with E-state index in [1.165, 1.54) is 6.07 Å². The molecule has 0 fully saturated rings. The molecule has 3 aromatic rings. The summed E-state index contributed by atoms with van der Waals surface area (Å²) in [5, 5.41) is 0. The van der Waals surface area contributed by atoms with Crippen molar-refractivity contribution in [2.24, 2.45) is 0 Å². The van der Waals surface area contributed by atoms with Crippen LogP contribution >= 0.6 is 0 Å². The minimum Gasteiger partial charge on any atom is -0.253 e. The van der Waals surface area contributed by atoms with Crippen molar-refractivity contribution < 1.29 is 4.39 Å². The Labute approximate surface area is 116 Å². The lowest BCUT2D eigenvalue weighted by Gasteiger charge is -2.08. The maximum absolute atomic E-state index is 14.0. The molecule has 0 spiro atoms. The Hall–Kier alpha value is -2.62. The third-order valence-corrected chi connectivity index (χ3v) is 2.96. The van der Waals surface area contributed by atoms with E-state index in [1.807, 2.05) is 25.1 Å². The van der Waals surface area contributed by atoms with Gasteiger partial charge in [0, 0.05) is 23.0 Å². The summed E-state index contributed by atoms with van der Waals surface area (Å²) >= 11 is 0. The first-order valence-corrected chi connectivity index (χ1v) is 6.18. The standard InChI is InChI=1S/C16H11FN3/c1-11-5-4-8-15(20-11)13-9-18-10-19-16(13)12-6-2-3-7-14(12)17/h2-9H,1H3. The van der Waals surface area contributed by atoms with Gasteiger partial charge in [0.05, 0.1) is 11.4 Å². The van der Waals surface area contributed by atoms with Crippen molar-refractivity contribution in [2.75, 3.05) is 0 Å². The van der Waals surface area contributed by atoms with Gasteiger partial charge in [-0.2, -0.15) is 0 Å². The quantitative estimate of drug-likeness (QED) is 0.711. The number of benzene rings is 1. The number of halogens is 1. The van der Waals surface area contributed by atoms with Crippen LogP contribution in [-0.4, -0.2) is 15.0 Å². The van der Waals surface area contributed by atoms with E-state index >= 15 is 0 Å². The van der Waals surface area contributed by atoms with Crippen LogP contribution < -0.4 is 0 Å². The van der Waals surface area contributed by atoms with Crippen molar-refractivity contribution >= 4 is 0 Å². The molecule has 1 aromatic carbocycles. The molecule has 0 saturated heterocycles. The molecule has 0 aliphatic rings. The van der Waals surface area contributed by atoms with Crippen molar-refractivity contribution in [1.29, 1.82) is 0 Å². The SMILES string of the molecule is Cc1cccc(-c2cn[c]nc2-c2ccccc2F)n1. The van der Waals surface area contributed by atoms with Crippen LogP contribution in [0.25, 0.3) is 22.5 Å². The molecule has 97 valence electrons. The maximum atomic E-state index is 14.0. The van der Waals surface area contributed by atoms with Gasteiger partial charge in [0.15, 0.2) is 6.33 Å². The fourth-order valence-electron chi connectivity index (χ4n) is 2.03. The van der Waals surface area contributed by atoms with Crippen LogP contribution in [0.5, 0.6) is 0 Å². The van der Waals surface area contributed by atoms with Gasteiger partial charge in [-0.25, -0.2) is 14.4 Å². The molecule has 20 heavy (non-hydrogen) atoms. The zero-order valence-electron chi connectivity index (χ0n) is 10.8. The summed E-state index contributed by atoms with van der Waals surface area (Å²) in [6, 6.07) is 12.2. The van der Waals surface area contributed by atoms with Gasteiger partial charge in [0.1, 0.15) is 5.82 Å². The lowest BCUT2D eigenvalue weighted by atomic mass is 10.0. The van der Waals surface area contributed by atoms with Crippen LogP contribution in [0.4, 0.5) is 4.39 Å². The van der Waals surface area contributed by atoms with Gasteiger partial charge in [-0.1, -0.05) is 18.2 Å². The Morgan fingerprint density at radius 2 is 1.85 bits per heavy atom. The highest BCUT2D eigenvalue weighted by atomic mass is 19.1. The third kappa shape index (κ3) is 2.28. The molecule has 3 nitrogen and oxygen atoms in total. The Bertz CT molecular complexity index is 756. The third-order valence-electron chi connectivity index (χ3n) is 2.96. The van der Waals surface area contributed by atoms with Gasteiger partial charge in [0.25, 0.3) is 0 Å². The highest BCUT2D eigenvalue weighted by Gasteiger charge is 2.13. The number of aromatic nitrogens is 3. The summed E-state index contributed by atoms with van der Waals surface area (Å²) < 4.78 is 14.0.